The van der Waals surface area contributed by atoms with Crippen LogP contribution in [0.2, 0.25) is 0 Å². The summed E-state index contributed by atoms with van der Waals surface area (Å²) in [5.74, 6) is 0. The molecule has 0 heterocycles. The molecule has 0 spiro atoms. The van der Waals surface area contributed by atoms with Crippen LogP contribution in [0.15, 0.2) is 32.8 Å². The summed E-state index contributed by atoms with van der Waals surface area (Å²) in [4.78, 5) is 0. The van der Waals surface area contributed by atoms with Gasteiger partial charge in [-0.05, 0) is 0 Å². The molecule has 0 amide bonds. The molecular formula is C17H32MoN3. The standard InChI is InChI=1S/C13H20N.2C2H6N.Mo/c1-10-6-7-12(8-10)11(2)9-14-13(3,4)5;2*1-3-2;/h6-7,14H,9H2,1-5H3;2*1-2H3;/q;2*-1;+2. The van der Waals surface area contributed by atoms with E-state index in [0.29, 0.717) is 0 Å². The Balaban J connectivity index is 3.10. The average Bonchev–Trinajstić information content (AvgIpc) is 2.67. The van der Waals surface area contributed by atoms with Crippen molar-refractivity contribution in [2.75, 3.05) is 34.7 Å². The molecule has 1 rings (SSSR count). The van der Waals surface area contributed by atoms with Gasteiger partial charge in [-0.2, -0.15) is 0 Å². The second kappa shape index (κ2) is 7.37. The van der Waals surface area contributed by atoms with Crippen LogP contribution < -0.4 is 5.32 Å². The number of allylic oxidation sites excluding steroid dienone is 5. The molecule has 21 heavy (non-hydrogen) atoms. The first-order valence-corrected chi connectivity index (χ1v) is 10.3. The number of nitrogens with zero attached hydrogens (tertiary/aromatic N) is 2. The quantitative estimate of drug-likeness (QED) is 0.746. The van der Waals surface area contributed by atoms with Crippen LogP contribution in [0, 0.1) is 0 Å². The van der Waals surface area contributed by atoms with Gasteiger partial charge >= 0.3 is 138 Å². The van der Waals surface area contributed by atoms with Crippen molar-refractivity contribution < 1.29 is 17.8 Å². The Morgan fingerprint density at radius 2 is 1.62 bits per heavy atom. The molecule has 0 aromatic rings. The van der Waals surface area contributed by atoms with Gasteiger partial charge in [0.05, 0.1) is 0 Å². The zero-order chi connectivity index (χ0) is 16.4. The number of nitrogens with one attached hydrogen (secondary N) is 1. The Morgan fingerprint density at radius 1 is 1.10 bits per heavy atom. The van der Waals surface area contributed by atoms with Crippen molar-refractivity contribution in [3.8, 4) is 0 Å². The Morgan fingerprint density at radius 3 is 2.05 bits per heavy atom. The van der Waals surface area contributed by atoms with Crippen LogP contribution in [0.5, 0.6) is 0 Å². The van der Waals surface area contributed by atoms with Crippen molar-refractivity contribution in [3.05, 3.63) is 32.8 Å². The van der Waals surface area contributed by atoms with E-state index in [9.17, 15) is 0 Å². The first kappa shape index (κ1) is 18.8. The third-order valence-electron chi connectivity index (χ3n) is 3.32. The third-order valence-corrected chi connectivity index (χ3v) is 8.95. The molecule has 0 bridgehead atoms. The first-order valence-electron chi connectivity index (χ1n) is 7.48. The maximum atomic E-state index is 3.61. The SMILES string of the molecule is CC1=[C]([Mo]([N](C)C)[N](C)C)C(=C(C)CNC(C)(C)C)C=C1. The van der Waals surface area contributed by atoms with Gasteiger partial charge in [0.15, 0.2) is 0 Å². The molecule has 0 saturated heterocycles. The van der Waals surface area contributed by atoms with E-state index in [-0.39, 0.29) is 5.54 Å². The molecule has 1 aliphatic rings. The van der Waals surface area contributed by atoms with Gasteiger partial charge in [0, 0.05) is 0 Å². The molecule has 0 fully saturated rings. The molecule has 0 radical (unpaired) electrons. The molecular weight excluding hydrogens is 342 g/mol. The molecule has 0 aliphatic heterocycles. The van der Waals surface area contributed by atoms with Crippen LogP contribution in [0.4, 0.5) is 0 Å². The van der Waals surface area contributed by atoms with Crippen LogP contribution in [0.1, 0.15) is 34.6 Å². The maximum absolute atomic E-state index is 3.61. The van der Waals surface area contributed by atoms with E-state index in [1.807, 2.05) is 0 Å². The fraction of sp³-hybridized carbons (Fsp3) is 0.647. The van der Waals surface area contributed by atoms with E-state index in [1.54, 1.807) is 3.96 Å². The van der Waals surface area contributed by atoms with Crippen molar-refractivity contribution in [2.24, 2.45) is 0 Å². The zero-order valence-corrected chi connectivity index (χ0v) is 17.2. The van der Waals surface area contributed by atoms with Crippen molar-refractivity contribution in [1.82, 2.24) is 12.2 Å². The van der Waals surface area contributed by atoms with Gasteiger partial charge in [-0.25, -0.2) is 0 Å². The Kier molecular flexibility index (Phi) is 6.61. The molecule has 0 aromatic carbocycles. The molecule has 3 nitrogen and oxygen atoms in total. The monoisotopic (exact) mass is 376 g/mol. The molecule has 0 unspecified atom stereocenters. The number of rotatable bonds is 5. The first-order chi connectivity index (χ1) is 9.54. The fourth-order valence-electron chi connectivity index (χ4n) is 2.34. The van der Waals surface area contributed by atoms with Crippen LogP contribution in [0.25, 0.3) is 0 Å². The van der Waals surface area contributed by atoms with E-state index in [2.05, 4.69) is 87.2 Å². The summed E-state index contributed by atoms with van der Waals surface area (Å²) < 4.78 is 6.49. The minimum absolute atomic E-state index is 0.158. The molecule has 0 atom stereocenters. The van der Waals surface area contributed by atoms with Gasteiger partial charge in [-0.1, -0.05) is 0 Å². The second-order valence-electron chi connectivity index (χ2n) is 7.03. The molecule has 0 saturated carbocycles. The predicted octanol–water partition coefficient (Wildman–Crippen LogP) is 3.11. The molecule has 121 valence electrons. The van der Waals surface area contributed by atoms with Gasteiger partial charge in [0.2, 0.25) is 0 Å². The second-order valence-corrected chi connectivity index (χ2v) is 12.9. The summed E-state index contributed by atoms with van der Waals surface area (Å²) in [6.07, 6.45) is 4.59. The Hall–Kier alpha value is -0.212. The fourth-order valence-corrected chi connectivity index (χ4v) is 7.69. The van der Waals surface area contributed by atoms with Crippen LogP contribution in [-0.2, 0) is 17.8 Å². The average molecular weight is 374 g/mol. The predicted molar refractivity (Wildman–Crippen MR) is 89.7 cm³/mol. The summed E-state index contributed by atoms with van der Waals surface area (Å²) in [5, 5.41) is 3.61. The molecule has 1 N–H and O–H groups in total. The van der Waals surface area contributed by atoms with E-state index in [4.69, 9.17) is 0 Å². The van der Waals surface area contributed by atoms with Crippen molar-refractivity contribution in [1.29, 1.82) is 0 Å². The van der Waals surface area contributed by atoms with E-state index in [0.717, 1.165) is 6.54 Å². The van der Waals surface area contributed by atoms with Gasteiger partial charge in [-0.3, -0.25) is 0 Å². The van der Waals surface area contributed by atoms with Crippen molar-refractivity contribution in [3.63, 3.8) is 0 Å². The Bertz CT molecular complexity index is 457. The minimum atomic E-state index is -1.63. The zero-order valence-electron chi connectivity index (χ0n) is 15.2. The number of hydrogen-bond donors (Lipinski definition) is 1. The molecule has 4 heteroatoms. The van der Waals surface area contributed by atoms with Crippen LogP contribution in [0.3, 0.4) is 0 Å². The third kappa shape index (κ3) is 5.17. The van der Waals surface area contributed by atoms with E-state index >= 15 is 0 Å². The van der Waals surface area contributed by atoms with Gasteiger partial charge in [0.25, 0.3) is 0 Å². The topological polar surface area (TPSA) is 18.5 Å². The summed E-state index contributed by atoms with van der Waals surface area (Å²) in [5.41, 5.74) is 4.51. The Labute approximate surface area is 137 Å². The van der Waals surface area contributed by atoms with Crippen LogP contribution >= 0.6 is 0 Å². The van der Waals surface area contributed by atoms with Gasteiger partial charge in [-0.15, -0.1) is 0 Å². The van der Waals surface area contributed by atoms with Gasteiger partial charge in [0.1, 0.15) is 0 Å². The summed E-state index contributed by atoms with van der Waals surface area (Å²) in [6, 6.07) is 0. The van der Waals surface area contributed by atoms with E-state index < -0.39 is 17.8 Å². The number of hydrogen-bond acceptors (Lipinski definition) is 3. The normalized spacial score (nSPS) is 18.7. The van der Waals surface area contributed by atoms with Crippen molar-refractivity contribution in [2.45, 2.75) is 40.2 Å². The molecule has 0 aromatic heterocycles. The summed E-state index contributed by atoms with van der Waals surface area (Å²) in [7, 11) is 8.87. The summed E-state index contributed by atoms with van der Waals surface area (Å²) in [6.45, 7) is 12.1. The summed E-state index contributed by atoms with van der Waals surface area (Å²) >= 11 is -1.63. The molecule has 1 aliphatic carbocycles. The van der Waals surface area contributed by atoms with Crippen LogP contribution in [-0.4, -0.2) is 47.2 Å². The van der Waals surface area contributed by atoms with Crippen molar-refractivity contribution >= 4 is 0 Å². The van der Waals surface area contributed by atoms with E-state index in [1.165, 1.54) is 16.7 Å². The van der Waals surface area contributed by atoms with Gasteiger partial charge < -0.3 is 0 Å².